The predicted molar refractivity (Wildman–Crippen MR) is 164 cm³/mol. The van der Waals surface area contributed by atoms with Crippen molar-refractivity contribution in [3.8, 4) is 17.2 Å². The summed E-state index contributed by atoms with van der Waals surface area (Å²) < 4.78 is 34.8. The zero-order valence-electron chi connectivity index (χ0n) is 22.1. The van der Waals surface area contributed by atoms with Crippen molar-refractivity contribution in [2.45, 2.75) is 36.7 Å². The summed E-state index contributed by atoms with van der Waals surface area (Å²) in [5, 5.41) is 0.963. The molecule has 2 aliphatic heterocycles. The van der Waals surface area contributed by atoms with Crippen LogP contribution >= 0.6 is 31.2 Å². The summed E-state index contributed by atoms with van der Waals surface area (Å²) in [7, 11) is 0. The molecule has 2 aliphatic rings. The van der Waals surface area contributed by atoms with Crippen molar-refractivity contribution in [3.63, 3.8) is 0 Å². The molecule has 2 N–H and O–H groups in total. The van der Waals surface area contributed by atoms with E-state index in [1.807, 2.05) is 31.2 Å². The van der Waals surface area contributed by atoms with E-state index < -0.39 is 25.6 Å². The maximum absolute atomic E-state index is 14.3. The SMILES string of the molecule is Cc1ncc(COc2cc(F)cc(Oc3ccc(C4=CCCI(C5CCOCC5)c5ncnc(N)c54)cc3)c2)s1. The van der Waals surface area contributed by atoms with E-state index in [9.17, 15) is 4.39 Å². The van der Waals surface area contributed by atoms with Crippen LogP contribution in [0.2, 0.25) is 0 Å². The van der Waals surface area contributed by atoms with Crippen molar-refractivity contribution in [1.82, 2.24) is 15.0 Å². The van der Waals surface area contributed by atoms with Gasteiger partial charge in [-0.3, -0.25) is 0 Å². The molecule has 2 aromatic carbocycles. The van der Waals surface area contributed by atoms with Crippen LogP contribution in [-0.4, -0.2) is 36.5 Å². The van der Waals surface area contributed by atoms with Gasteiger partial charge in [0.05, 0.1) is 9.88 Å². The van der Waals surface area contributed by atoms with Crippen LogP contribution in [0.5, 0.6) is 17.2 Å². The number of nitrogen functional groups attached to an aromatic ring is 1. The fourth-order valence-electron chi connectivity index (χ4n) is 4.96. The number of anilines is 1. The number of nitrogens with zero attached hydrogens (tertiary/aromatic N) is 3. The van der Waals surface area contributed by atoms with Gasteiger partial charge in [0.25, 0.3) is 0 Å². The molecule has 0 unspecified atom stereocenters. The molecule has 4 heterocycles. The standard InChI is InChI=1S/C30H30FIN4O3S/c1-19-34-16-26(40-19)17-38-24-13-21(31)14-25(15-24)39-23-6-4-20(5-7-23)27-3-2-10-32(22-8-11-37-12-9-22)29-28(27)30(33)36-18-35-29/h3-7,13-16,18,22H,2,8-12,17H2,1H3,(H2,33,35,36). The summed E-state index contributed by atoms with van der Waals surface area (Å²) in [6.45, 7) is 3.93. The van der Waals surface area contributed by atoms with Gasteiger partial charge in [0, 0.05) is 6.20 Å². The molecule has 0 amide bonds. The van der Waals surface area contributed by atoms with Crippen LogP contribution in [0, 0.1) is 16.4 Å². The Morgan fingerprint density at radius 2 is 1.85 bits per heavy atom. The van der Waals surface area contributed by atoms with Gasteiger partial charge in [0.15, 0.2) is 0 Å². The van der Waals surface area contributed by atoms with Gasteiger partial charge in [-0.05, 0) is 6.92 Å². The number of aromatic nitrogens is 3. The third kappa shape index (κ3) is 6.13. The van der Waals surface area contributed by atoms with Crippen LogP contribution in [0.4, 0.5) is 10.2 Å². The zero-order chi connectivity index (χ0) is 27.5. The molecule has 0 saturated carbocycles. The minimum Gasteiger partial charge on any atom is -0.120 e. The number of nitrogens with two attached hydrogens (primary N) is 1. The summed E-state index contributed by atoms with van der Waals surface area (Å²) >= 11 is -0.0353. The number of fused-ring (bicyclic) bond motifs is 1. The van der Waals surface area contributed by atoms with E-state index in [0.29, 0.717) is 33.6 Å². The zero-order valence-corrected chi connectivity index (χ0v) is 25.1. The molecular weight excluding hydrogens is 642 g/mol. The minimum absolute atomic E-state index is 0.325. The maximum Gasteiger partial charge on any atom is -0.120 e. The van der Waals surface area contributed by atoms with Crippen LogP contribution in [0.15, 0.2) is 61.1 Å². The number of halogens is 2. The van der Waals surface area contributed by atoms with Gasteiger partial charge in [-0.25, -0.2) is 4.98 Å². The third-order valence-electron chi connectivity index (χ3n) is 6.81. The average molecular weight is 673 g/mol. The summed E-state index contributed by atoms with van der Waals surface area (Å²) in [4.78, 5) is 14.4. The second-order valence-electron chi connectivity index (χ2n) is 9.59. The molecule has 0 spiro atoms. The molecule has 10 heteroatoms. The fourth-order valence-corrected chi connectivity index (χ4v) is 12.6. The van der Waals surface area contributed by atoms with Crippen molar-refractivity contribution in [1.29, 1.82) is 0 Å². The smallest absolute Gasteiger partial charge is 0.120 e. The summed E-state index contributed by atoms with van der Waals surface area (Å²) in [6.07, 6.45) is 8.88. The number of ether oxygens (including phenoxy) is 3. The molecule has 0 atom stereocenters. The van der Waals surface area contributed by atoms with Gasteiger partial charge in [-0.1, -0.05) is 0 Å². The molecule has 2 aromatic heterocycles. The first kappa shape index (κ1) is 27.1. The molecule has 0 aliphatic carbocycles. The Hall–Kier alpha value is -3.09. The van der Waals surface area contributed by atoms with Crippen LogP contribution < -0.4 is 15.2 Å². The quantitative estimate of drug-likeness (QED) is 0.128. The largest absolute Gasteiger partial charge is 0.120 e. The monoisotopic (exact) mass is 672 g/mol. The van der Waals surface area contributed by atoms with E-state index in [-0.39, 0.29) is 0 Å². The molecule has 6 rings (SSSR count). The normalized spacial score (nSPS) is 16.6. The summed E-state index contributed by atoms with van der Waals surface area (Å²) in [6, 6.07) is 12.2. The van der Waals surface area contributed by atoms with E-state index >= 15 is 0 Å². The topological polar surface area (TPSA) is 92.4 Å². The summed E-state index contributed by atoms with van der Waals surface area (Å²) in [5.41, 5.74) is 9.59. The minimum atomic E-state index is -1.59. The first-order valence-corrected chi connectivity index (χ1v) is 17.9. The second kappa shape index (κ2) is 12.2. The van der Waals surface area contributed by atoms with Crippen molar-refractivity contribution in [2.75, 3.05) is 23.4 Å². The third-order valence-corrected chi connectivity index (χ3v) is 15.0. The van der Waals surface area contributed by atoms with Crippen LogP contribution in [0.3, 0.4) is 0 Å². The molecule has 0 radical (unpaired) electrons. The Bertz CT molecular complexity index is 1520. The van der Waals surface area contributed by atoms with E-state index in [0.717, 1.165) is 59.1 Å². The Kier molecular flexibility index (Phi) is 8.26. The number of aryl methyl sites for hydroxylation is 1. The molecule has 0 bridgehead atoms. The first-order chi connectivity index (χ1) is 19.5. The molecule has 1 saturated heterocycles. The van der Waals surface area contributed by atoms with Crippen molar-refractivity contribution in [3.05, 3.63) is 91.6 Å². The number of allylic oxidation sites excluding steroid dienone is 1. The van der Waals surface area contributed by atoms with E-state index in [1.165, 1.54) is 20.3 Å². The number of hydrogen-bond donors (Lipinski definition) is 1. The average Bonchev–Trinajstić information content (AvgIpc) is 3.27. The van der Waals surface area contributed by atoms with Crippen LogP contribution in [-0.2, 0) is 11.3 Å². The van der Waals surface area contributed by atoms with Gasteiger partial charge in [-0.15, -0.1) is 11.3 Å². The number of hydrogen-bond acceptors (Lipinski definition) is 8. The van der Waals surface area contributed by atoms with E-state index in [4.69, 9.17) is 24.9 Å². The Labute approximate surface area is 244 Å². The number of alkyl halides is 2. The van der Waals surface area contributed by atoms with Crippen LogP contribution in [0.1, 0.15) is 40.3 Å². The molecule has 40 heavy (non-hydrogen) atoms. The van der Waals surface area contributed by atoms with Crippen LogP contribution in [0.25, 0.3) is 5.57 Å². The van der Waals surface area contributed by atoms with Crippen molar-refractivity contribution < 1.29 is 18.6 Å². The van der Waals surface area contributed by atoms with Gasteiger partial charge < -0.3 is 0 Å². The van der Waals surface area contributed by atoms with Gasteiger partial charge in [0.2, 0.25) is 0 Å². The first-order valence-electron chi connectivity index (χ1n) is 13.2. The number of thiazole rings is 1. The van der Waals surface area contributed by atoms with Crippen molar-refractivity contribution in [2.24, 2.45) is 0 Å². The molecule has 1 fully saturated rings. The van der Waals surface area contributed by atoms with Crippen molar-refractivity contribution >= 4 is 42.5 Å². The molecule has 4 aromatic rings. The number of rotatable bonds is 7. The van der Waals surface area contributed by atoms with Gasteiger partial charge >= 0.3 is 199 Å². The van der Waals surface area contributed by atoms with Gasteiger partial charge in [-0.2, -0.15) is 0 Å². The Morgan fingerprint density at radius 3 is 2.62 bits per heavy atom. The number of benzene rings is 2. The Balaban J connectivity index is 1.21. The van der Waals surface area contributed by atoms with Gasteiger partial charge in [0.1, 0.15) is 6.61 Å². The van der Waals surface area contributed by atoms with E-state index in [1.54, 1.807) is 29.9 Å². The fraction of sp³-hybridized carbons (Fsp3) is 0.300. The molecular formula is C30H30FIN4O3S. The molecule has 208 valence electrons. The molecule has 7 nitrogen and oxygen atoms in total. The maximum atomic E-state index is 14.3. The van der Waals surface area contributed by atoms with E-state index in [2.05, 4.69) is 16.0 Å². The second-order valence-corrected chi connectivity index (χ2v) is 17.0. The predicted octanol–water partition coefficient (Wildman–Crippen LogP) is 7.02. The summed E-state index contributed by atoms with van der Waals surface area (Å²) in [5.74, 6) is 1.47. The Morgan fingerprint density at radius 1 is 1.05 bits per heavy atom.